The number of para-hydroxylation sites is 2. The summed E-state index contributed by atoms with van der Waals surface area (Å²) in [6, 6.07) is 7.62. The van der Waals surface area contributed by atoms with Crippen molar-refractivity contribution in [3.63, 3.8) is 0 Å². The van der Waals surface area contributed by atoms with Gasteiger partial charge in [0.2, 0.25) is 29.7 Å². The first-order valence-electron chi connectivity index (χ1n) is 9.89. The van der Waals surface area contributed by atoms with Crippen LogP contribution in [0.15, 0.2) is 24.3 Å². The molecule has 0 saturated carbocycles. The predicted molar refractivity (Wildman–Crippen MR) is 127 cm³/mol. The van der Waals surface area contributed by atoms with Gasteiger partial charge in [-0.15, -0.1) is 0 Å². The van der Waals surface area contributed by atoms with Crippen molar-refractivity contribution >= 4 is 35.4 Å². The van der Waals surface area contributed by atoms with E-state index in [4.69, 9.17) is 4.74 Å². The van der Waals surface area contributed by atoms with E-state index in [9.17, 15) is 0 Å². The Bertz CT molecular complexity index is 932. The van der Waals surface area contributed by atoms with Crippen LogP contribution in [-0.4, -0.2) is 86.3 Å². The maximum Gasteiger partial charge on any atom is 0.328 e. The van der Waals surface area contributed by atoms with Crippen molar-refractivity contribution in [3.8, 4) is 11.8 Å². The molecule has 0 aliphatic carbocycles. The zero-order valence-corrected chi connectivity index (χ0v) is 19.7. The standard InChI is InChI=1S/C20H29N11O/c1-28(2)16-22-15(23-17(24-16)29(3)4)21-13-11-9-10-12-14(13)32-20-26-18(30(5)6)25-19(27-20)31(7)8/h9-12H,1-8H3,(H,21,22,23,24). The van der Waals surface area contributed by atoms with Crippen LogP contribution >= 0.6 is 0 Å². The van der Waals surface area contributed by atoms with Gasteiger partial charge in [-0.05, 0) is 12.1 Å². The van der Waals surface area contributed by atoms with Crippen molar-refractivity contribution < 1.29 is 4.74 Å². The Morgan fingerprint density at radius 1 is 0.594 bits per heavy atom. The van der Waals surface area contributed by atoms with Gasteiger partial charge in [-0.1, -0.05) is 12.1 Å². The van der Waals surface area contributed by atoms with Crippen molar-refractivity contribution in [2.24, 2.45) is 0 Å². The molecule has 0 radical (unpaired) electrons. The van der Waals surface area contributed by atoms with Gasteiger partial charge in [0.1, 0.15) is 0 Å². The fourth-order valence-electron chi connectivity index (χ4n) is 2.47. The van der Waals surface area contributed by atoms with Gasteiger partial charge in [0.15, 0.2) is 5.75 Å². The predicted octanol–water partition coefficient (Wildman–Crippen LogP) is 1.86. The molecule has 0 aliphatic heterocycles. The monoisotopic (exact) mass is 439 g/mol. The van der Waals surface area contributed by atoms with E-state index in [0.29, 0.717) is 41.2 Å². The van der Waals surface area contributed by atoms with E-state index < -0.39 is 0 Å². The zero-order valence-electron chi connectivity index (χ0n) is 19.7. The Morgan fingerprint density at radius 2 is 1.03 bits per heavy atom. The Balaban J connectivity index is 1.96. The normalized spacial score (nSPS) is 10.5. The minimum absolute atomic E-state index is 0.181. The van der Waals surface area contributed by atoms with Crippen LogP contribution in [-0.2, 0) is 0 Å². The minimum Gasteiger partial charge on any atom is -0.422 e. The van der Waals surface area contributed by atoms with Gasteiger partial charge in [-0.3, -0.25) is 0 Å². The average Bonchev–Trinajstić information content (AvgIpc) is 2.74. The lowest BCUT2D eigenvalue weighted by atomic mass is 10.3. The molecule has 32 heavy (non-hydrogen) atoms. The molecule has 0 unspecified atom stereocenters. The highest BCUT2D eigenvalue weighted by Gasteiger charge is 2.15. The molecule has 12 nitrogen and oxygen atoms in total. The second-order valence-corrected chi connectivity index (χ2v) is 7.78. The van der Waals surface area contributed by atoms with Crippen molar-refractivity contribution in [3.05, 3.63) is 24.3 Å². The molecule has 0 atom stereocenters. The minimum atomic E-state index is 0.181. The topological polar surface area (TPSA) is 112 Å². The summed E-state index contributed by atoms with van der Waals surface area (Å²) in [6.45, 7) is 0. The van der Waals surface area contributed by atoms with Crippen LogP contribution in [0, 0.1) is 0 Å². The lowest BCUT2D eigenvalue weighted by Crippen LogP contribution is -2.19. The van der Waals surface area contributed by atoms with E-state index >= 15 is 0 Å². The fourth-order valence-corrected chi connectivity index (χ4v) is 2.47. The van der Waals surface area contributed by atoms with Gasteiger partial charge in [-0.25, -0.2) is 0 Å². The zero-order chi connectivity index (χ0) is 23.4. The lowest BCUT2D eigenvalue weighted by molar-refractivity contribution is 0.441. The molecule has 0 fully saturated rings. The maximum absolute atomic E-state index is 6.05. The van der Waals surface area contributed by atoms with Gasteiger partial charge in [0.25, 0.3) is 0 Å². The highest BCUT2D eigenvalue weighted by molar-refractivity contribution is 5.64. The lowest BCUT2D eigenvalue weighted by Gasteiger charge is -2.18. The second kappa shape index (κ2) is 9.45. The van der Waals surface area contributed by atoms with E-state index in [1.54, 1.807) is 9.80 Å². The van der Waals surface area contributed by atoms with Gasteiger partial charge < -0.3 is 29.7 Å². The molecule has 3 rings (SSSR count). The highest BCUT2D eigenvalue weighted by Crippen LogP contribution is 2.31. The smallest absolute Gasteiger partial charge is 0.328 e. The van der Waals surface area contributed by atoms with Crippen LogP contribution < -0.4 is 29.7 Å². The summed E-state index contributed by atoms with van der Waals surface area (Å²) in [5.74, 6) is 2.97. The summed E-state index contributed by atoms with van der Waals surface area (Å²) >= 11 is 0. The molecular weight excluding hydrogens is 410 g/mol. The Morgan fingerprint density at radius 3 is 1.50 bits per heavy atom. The number of rotatable bonds is 8. The van der Waals surface area contributed by atoms with Crippen molar-refractivity contribution in [1.82, 2.24) is 29.9 Å². The maximum atomic E-state index is 6.05. The first-order chi connectivity index (χ1) is 15.1. The van der Waals surface area contributed by atoms with Gasteiger partial charge in [-0.2, -0.15) is 29.9 Å². The molecular formula is C20H29N11O. The number of anilines is 6. The summed E-state index contributed by atoms with van der Waals surface area (Å²) in [5, 5.41) is 3.23. The van der Waals surface area contributed by atoms with E-state index in [1.807, 2.05) is 90.4 Å². The SMILES string of the molecule is CN(C)c1nc(Nc2ccccc2Oc2nc(N(C)C)nc(N(C)C)n2)nc(N(C)C)n1. The summed E-state index contributed by atoms with van der Waals surface area (Å²) in [6.07, 6.45) is 0. The third-order valence-corrected chi connectivity index (χ3v) is 4.14. The van der Waals surface area contributed by atoms with Gasteiger partial charge in [0, 0.05) is 56.4 Å². The van der Waals surface area contributed by atoms with Crippen molar-refractivity contribution in [2.45, 2.75) is 0 Å². The molecule has 0 saturated heterocycles. The van der Waals surface area contributed by atoms with E-state index in [2.05, 4.69) is 35.2 Å². The molecule has 1 N–H and O–H groups in total. The average molecular weight is 440 g/mol. The number of hydrogen-bond donors (Lipinski definition) is 1. The Kier molecular flexibility index (Phi) is 6.71. The summed E-state index contributed by atoms with van der Waals surface area (Å²) in [4.78, 5) is 33.9. The molecule has 170 valence electrons. The second-order valence-electron chi connectivity index (χ2n) is 7.78. The Hall–Kier alpha value is -3.96. The van der Waals surface area contributed by atoms with Gasteiger partial charge in [0.05, 0.1) is 5.69 Å². The first kappa shape index (κ1) is 22.7. The molecule has 3 aromatic rings. The number of nitrogens with zero attached hydrogens (tertiary/aromatic N) is 10. The number of ether oxygens (including phenoxy) is 1. The quantitative estimate of drug-likeness (QED) is 0.553. The molecule has 1 aromatic carbocycles. The van der Waals surface area contributed by atoms with E-state index in [0.717, 1.165) is 0 Å². The number of benzene rings is 1. The summed E-state index contributed by atoms with van der Waals surface area (Å²) in [5.41, 5.74) is 0.659. The molecule has 0 spiro atoms. The van der Waals surface area contributed by atoms with Crippen LogP contribution in [0.4, 0.5) is 35.4 Å². The molecule has 12 heteroatoms. The molecule has 2 aromatic heterocycles. The molecule has 2 heterocycles. The third kappa shape index (κ3) is 5.39. The van der Waals surface area contributed by atoms with Crippen molar-refractivity contribution in [1.29, 1.82) is 0 Å². The fraction of sp³-hybridized carbons (Fsp3) is 0.400. The first-order valence-corrected chi connectivity index (χ1v) is 9.89. The van der Waals surface area contributed by atoms with E-state index in [-0.39, 0.29) is 6.01 Å². The molecule has 0 bridgehead atoms. The summed E-state index contributed by atoms with van der Waals surface area (Å²) in [7, 11) is 14.9. The highest BCUT2D eigenvalue weighted by atomic mass is 16.5. The number of nitrogens with one attached hydrogen (secondary N) is 1. The third-order valence-electron chi connectivity index (χ3n) is 4.14. The molecule has 0 aliphatic rings. The van der Waals surface area contributed by atoms with Crippen LogP contribution in [0.2, 0.25) is 0 Å². The van der Waals surface area contributed by atoms with Gasteiger partial charge >= 0.3 is 6.01 Å². The van der Waals surface area contributed by atoms with E-state index in [1.165, 1.54) is 0 Å². The molecule has 0 amide bonds. The summed E-state index contributed by atoms with van der Waals surface area (Å²) < 4.78 is 6.05. The Labute approximate surface area is 187 Å². The van der Waals surface area contributed by atoms with Crippen LogP contribution in [0.1, 0.15) is 0 Å². The van der Waals surface area contributed by atoms with Crippen LogP contribution in [0.5, 0.6) is 11.8 Å². The largest absolute Gasteiger partial charge is 0.422 e. The van der Waals surface area contributed by atoms with Crippen molar-refractivity contribution in [2.75, 3.05) is 81.3 Å². The number of hydrogen-bond acceptors (Lipinski definition) is 12. The van der Waals surface area contributed by atoms with Crippen LogP contribution in [0.25, 0.3) is 0 Å². The van der Waals surface area contributed by atoms with Crippen LogP contribution in [0.3, 0.4) is 0 Å². The number of aromatic nitrogens is 6.